The maximum absolute atomic E-state index is 13.1. The molecule has 0 bridgehead atoms. The highest BCUT2D eigenvalue weighted by Crippen LogP contribution is 2.34. The number of rotatable bonds is 7. The van der Waals surface area contributed by atoms with Crippen molar-refractivity contribution in [3.05, 3.63) is 41.1 Å². The molecule has 1 aliphatic carbocycles. The summed E-state index contributed by atoms with van der Waals surface area (Å²) in [6, 6.07) is 4.96. The molecule has 6 nitrogen and oxygen atoms in total. The number of carbonyl (C=O) groups excluding carboxylic acids is 2. The summed E-state index contributed by atoms with van der Waals surface area (Å²) in [5, 5.41) is 0. The Hall–Kier alpha value is -2.15. The molecular formula is C18H24N2O4S. The SMILES string of the molecule is Cc1ccc(C(=O)/C(=C/N(C)C)C(=O)C2CC2)c(N(C)S(C)(=O)=O)c1. The number of benzene rings is 1. The van der Waals surface area contributed by atoms with Crippen LogP contribution in [0.5, 0.6) is 0 Å². The maximum Gasteiger partial charge on any atom is 0.232 e. The molecule has 0 heterocycles. The minimum Gasteiger partial charge on any atom is -0.383 e. The van der Waals surface area contributed by atoms with Gasteiger partial charge < -0.3 is 4.90 Å². The van der Waals surface area contributed by atoms with Crippen molar-refractivity contribution in [1.29, 1.82) is 0 Å². The Labute approximate surface area is 149 Å². The van der Waals surface area contributed by atoms with Crippen molar-refractivity contribution in [2.75, 3.05) is 31.7 Å². The van der Waals surface area contributed by atoms with Crippen molar-refractivity contribution < 1.29 is 18.0 Å². The number of aryl methyl sites for hydroxylation is 1. The zero-order chi connectivity index (χ0) is 18.9. The second-order valence-corrected chi connectivity index (χ2v) is 8.74. The minimum atomic E-state index is -3.54. The molecule has 1 fully saturated rings. The second kappa shape index (κ2) is 7.00. The fourth-order valence-corrected chi connectivity index (χ4v) is 2.98. The van der Waals surface area contributed by atoms with Crippen LogP contribution in [0, 0.1) is 12.8 Å². The number of sulfonamides is 1. The molecule has 1 saturated carbocycles. The van der Waals surface area contributed by atoms with Gasteiger partial charge in [0.1, 0.15) is 0 Å². The van der Waals surface area contributed by atoms with E-state index < -0.39 is 15.8 Å². The third-order valence-corrected chi connectivity index (χ3v) is 5.27. The van der Waals surface area contributed by atoms with Crippen molar-refractivity contribution in [3.8, 4) is 0 Å². The number of carbonyl (C=O) groups is 2. The lowest BCUT2D eigenvalue weighted by Gasteiger charge is -2.21. The van der Waals surface area contributed by atoms with E-state index >= 15 is 0 Å². The van der Waals surface area contributed by atoms with E-state index in [0.29, 0.717) is 0 Å². The molecule has 2 rings (SSSR count). The first-order chi connectivity index (χ1) is 11.5. The van der Waals surface area contributed by atoms with Gasteiger partial charge in [-0.05, 0) is 37.5 Å². The average Bonchev–Trinajstić information content (AvgIpc) is 3.34. The lowest BCUT2D eigenvalue weighted by Crippen LogP contribution is -2.28. The number of hydrogen-bond donors (Lipinski definition) is 0. The quantitative estimate of drug-likeness (QED) is 0.320. The topological polar surface area (TPSA) is 74.8 Å². The molecule has 0 saturated heterocycles. The summed E-state index contributed by atoms with van der Waals surface area (Å²) in [6.07, 6.45) is 4.18. The van der Waals surface area contributed by atoms with E-state index in [9.17, 15) is 18.0 Å². The smallest absolute Gasteiger partial charge is 0.232 e. The van der Waals surface area contributed by atoms with Crippen LogP contribution in [0.25, 0.3) is 0 Å². The monoisotopic (exact) mass is 364 g/mol. The van der Waals surface area contributed by atoms with Crippen molar-refractivity contribution in [1.82, 2.24) is 4.90 Å². The van der Waals surface area contributed by atoms with Gasteiger partial charge in [-0.15, -0.1) is 0 Å². The van der Waals surface area contributed by atoms with Crippen molar-refractivity contribution in [3.63, 3.8) is 0 Å². The average molecular weight is 364 g/mol. The van der Waals surface area contributed by atoms with Crippen LogP contribution in [-0.4, -0.2) is 52.3 Å². The van der Waals surface area contributed by atoms with Gasteiger partial charge >= 0.3 is 0 Å². The highest BCUT2D eigenvalue weighted by molar-refractivity contribution is 7.92. The lowest BCUT2D eigenvalue weighted by molar-refractivity contribution is -0.116. The Kier molecular flexibility index (Phi) is 5.37. The number of anilines is 1. The van der Waals surface area contributed by atoms with Crippen LogP contribution in [0.4, 0.5) is 5.69 Å². The summed E-state index contributed by atoms with van der Waals surface area (Å²) in [7, 11) is 1.35. The van der Waals surface area contributed by atoms with Gasteiger partial charge in [-0.2, -0.15) is 0 Å². The van der Waals surface area contributed by atoms with Gasteiger partial charge in [-0.25, -0.2) is 8.42 Å². The van der Waals surface area contributed by atoms with Crippen LogP contribution in [0.2, 0.25) is 0 Å². The van der Waals surface area contributed by atoms with Gasteiger partial charge in [0, 0.05) is 38.8 Å². The van der Waals surface area contributed by atoms with Gasteiger partial charge in [0.15, 0.2) is 11.6 Å². The standard InChI is InChI=1S/C18H24N2O4S/c1-12-6-9-14(16(10-12)20(4)25(5,23)24)18(22)15(11-19(2)3)17(21)13-7-8-13/h6,9-11,13H,7-8H2,1-5H3/b15-11+. The molecule has 1 aromatic rings. The van der Waals surface area contributed by atoms with Crippen molar-refractivity contribution in [2.24, 2.45) is 5.92 Å². The number of ketones is 2. The lowest BCUT2D eigenvalue weighted by atomic mass is 9.96. The molecule has 0 unspecified atom stereocenters. The van der Waals surface area contributed by atoms with E-state index in [4.69, 9.17) is 0 Å². The largest absolute Gasteiger partial charge is 0.383 e. The molecule has 25 heavy (non-hydrogen) atoms. The predicted molar refractivity (Wildman–Crippen MR) is 98.3 cm³/mol. The number of Topliss-reactive ketones (excluding diaryl/α,β-unsaturated/α-hetero) is 2. The Morgan fingerprint density at radius 1 is 1.16 bits per heavy atom. The summed E-state index contributed by atoms with van der Waals surface area (Å²) in [5.74, 6) is -0.722. The molecule has 0 N–H and O–H groups in total. The molecule has 0 aliphatic heterocycles. The van der Waals surface area contributed by atoms with E-state index in [-0.39, 0.29) is 28.5 Å². The fraction of sp³-hybridized carbons (Fsp3) is 0.444. The van der Waals surface area contributed by atoms with Crippen LogP contribution in [-0.2, 0) is 14.8 Å². The third kappa shape index (κ3) is 4.48. The zero-order valence-electron chi connectivity index (χ0n) is 15.2. The van der Waals surface area contributed by atoms with E-state index in [0.717, 1.165) is 29.0 Å². The Bertz CT molecular complexity index is 837. The van der Waals surface area contributed by atoms with Crippen molar-refractivity contribution in [2.45, 2.75) is 19.8 Å². The van der Waals surface area contributed by atoms with E-state index in [1.807, 2.05) is 6.92 Å². The molecular weight excluding hydrogens is 340 g/mol. The number of allylic oxidation sites excluding steroid dienone is 1. The predicted octanol–water partition coefficient (Wildman–Crippen LogP) is 2.00. The van der Waals surface area contributed by atoms with Gasteiger partial charge in [-0.3, -0.25) is 13.9 Å². The minimum absolute atomic E-state index is 0.0968. The van der Waals surface area contributed by atoms with Gasteiger partial charge in [0.25, 0.3) is 0 Å². The number of hydrogen-bond acceptors (Lipinski definition) is 5. The Morgan fingerprint density at radius 3 is 2.24 bits per heavy atom. The van der Waals surface area contributed by atoms with E-state index in [1.165, 1.54) is 13.2 Å². The van der Waals surface area contributed by atoms with Crippen LogP contribution < -0.4 is 4.31 Å². The van der Waals surface area contributed by atoms with Crippen LogP contribution in [0.3, 0.4) is 0 Å². The first-order valence-electron chi connectivity index (χ1n) is 8.04. The van der Waals surface area contributed by atoms with Crippen LogP contribution in [0.15, 0.2) is 30.0 Å². The summed E-state index contributed by atoms with van der Waals surface area (Å²) in [6.45, 7) is 1.82. The molecule has 0 aromatic heterocycles. The zero-order valence-corrected chi connectivity index (χ0v) is 16.1. The van der Waals surface area contributed by atoms with Gasteiger partial charge in [0.2, 0.25) is 10.0 Å². The summed E-state index contributed by atoms with van der Waals surface area (Å²) >= 11 is 0. The Morgan fingerprint density at radius 2 is 1.76 bits per heavy atom. The van der Waals surface area contributed by atoms with Crippen LogP contribution in [0.1, 0.15) is 28.8 Å². The van der Waals surface area contributed by atoms with Crippen LogP contribution >= 0.6 is 0 Å². The highest BCUT2D eigenvalue weighted by atomic mass is 32.2. The van der Waals surface area contributed by atoms with E-state index in [1.54, 1.807) is 37.2 Å². The maximum atomic E-state index is 13.1. The van der Waals surface area contributed by atoms with Gasteiger partial charge in [-0.1, -0.05) is 6.07 Å². The van der Waals surface area contributed by atoms with Gasteiger partial charge in [0.05, 0.1) is 17.5 Å². The first-order valence-corrected chi connectivity index (χ1v) is 9.89. The molecule has 0 amide bonds. The molecule has 0 radical (unpaired) electrons. The third-order valence-electron chi connectivity index (χ3n) is 4.08. The molecule has 1 aromatic carbocycles. The fourth-order valence-electron chi connectivity index (χ4n) is 2.48. The highest BCUT2D eigenvalue weighted by Gasteiger charge is 2.35. The summed E-state index contributed by atoms with van der Waals surface area (Å²) < 4.78 is 25.0. The molecule has 136 valence electrons. The molecule has 0 spiro atoms. The summed E-state index contributed by atoms with van der Waals surface area (Å²) in [4.78, 5) is 27.3. The number of nitrogens with zero attached hydrogens (tertiary/aromatic N) is 2. The molecule has 0 atom stereocenters. The molecule has 7 heteroatoms. The first kappa shape index (κ1) is 19.2. The van der Waals surface area contributed by atoms with E-state index in [2.05, 4.69) is 0 Å². The Balaban J connectivity index is 2.55. The summed E-state index contributed by atoms with van der Waals surface area (Å²) in [5.41, 5.74) is 1.41. The van der Waals surface area contributed by atoms with Crippen molar-refractivity contribution >= 4 is 27.3 Å². The second-order valence-electron chi connectivity index (χ2n) is 6.73. The normalized spacial score (nSPS) is 15.0. The molecule has 1 aliphatic rings.